The molecule has 0 bridgehead atoms. The van der Waals surface area contributed by atoms with Gasteiger partial charge in [0.1, 0.15) is 12.4 Å². The number of benzene rings is 4. The molecular formula is C41H50NOP. The molecule has 1 aliphatic rings. The zero-order chi connectivity index (χ0) is 31.3. The Balaban J connectivity index is 1.63. The minimum absolute atomic E-state index is 0.0526. The van der Waals surface area contributed by atoms with Crippen molar-refractivity contribution in [1.29, 1.82) is 0 Å². The number of aryl methyl sites for hydroxylation is 2. The Morgan fingerprint density at radius 3 is 2.23 bits per heavy atom. The Hall–Kier alpha value is -3.22. The van der Waals surface area contributed by atoms with Crippen molar-refractivity contribution in [1.82, 2.24) is 0 Å². The van der Waals surface area contributed by atoms with Gasteiger partial charge in [-0.1, -0.05) is 134 Å². The molecule has 0 heterocycles. The Morgan fingerprint density at radius 1 is 0.886 bits per heavy atom. The van der Waals surface area contributed by atoms with Gasteiger partial charge in [0, 0.05) is 33.5 Å². The second kappa shape index (κ2) is 13.8. The van der Waals surface area contributed by atoms with Gasteiger partial charge >= 0.3 is 0 Å². The molecule has 4 unspecified atom stereocenters. The zero-order valence-electron chi connectivity index (χ0n) is 27.8. The number of hydrogen-bond acceptors (Lipinski definition) is 2. The highest BCUT2D eigenvalue weighted by Crippen LogP contribution is 2.65. The molecule has 0 amide bonds. The second-order valence-electron chi connectivity index (χ2n) is 13.0. The highest BCUT2D eigenvalue weighted by Gasteiger charge is 2.59. The van der Waals surface area contributed by atoms with E-state index in [2.05, 4.69) is 127 Å². The molecule has 5 rings (SSSR count). The summed E-state index contributed by atoms with van der Waals surface area (Å²) in [5, 5.41) is 1.35. The van der Waals surface area contributed by atoms with Gasteiger partial charge in [0.05, 0.1) is 5.69 Å². The van der Waals surface area contributed by atoms with Crippen LogP contribution in [0.1, 0.15) is 93.7 Å². The summed E-state index contributed by atoms with van der Waals surface area (Å²) in [6.07, 6.45) is 6.64. The number of para-hydroxylation sites is 1. The lowest BCUT2D eigenvalue weighted by Gasteiger charge is -2.37. The largest absolute Gasteiger partial charge is 0.488 e. The van der Waals surface area contributed by atoms with E-state index in [-0.39, 0.29) is 10.6 Å². The van der Waals surface area contributed by atoms with Gasteiger partial charge in [0.15, 0.2) is 0 Å². The normalized spacial score (nSPS) is 20.1. The SMILES string of the molecule is CCCC1C(C)C1(C)c1cc(C)cc(C(CC)(CC)Pc2c(C)cccc2C=Nc2ccccc2)c1OCc1ccccc1. The third-order valence-electron chi connectivity index (χ3n) is 10.4. The van der Waals surface area contributed by atoms with Crippen LogP contribution < -0.4 is 10.0 Å². The maximum absolute atomic E-state index is 7.04. The van der Waals surface area contributed by atoms with E-state index in [0.717, 1.165) is 24.3 Å². The average molecular weight is 604 g/mol. The molecule has 0 radical (unpaired) electrons. The maximum Gasteiger partial charge on any atom is 0.127 e. The summed E-state index contributed by atoms with van der Waals surface area (Å²) in [5.74, 6) is 2.48. The van der Waals surface area contributed by atoms with Crippen molar-refractivity contribution in [2.75, 3.05) is 0 Å². The van der Waals surface area contributed by atoms with Crippen LogP contribution in [-0.4, -0.2) is 6.21 Å². The van der Waals surface area contributed by atoms with Crippen molar-refractivity contribution < 1.29 is 4.74 Å². The molecule has 1 aliphatic carbocycles. The summed E-state index contributed by atoms with van der Waals surface area (Å²) in [4.78, 5) is 4.87. The summed E-state index contributed by atoms with van der Waals surface area (Å²) in [5.41, 5.74) is 9.01. The van der Waals surface area contributed by atoms with Crippen LogP contribution in [0, 0.1) is 25.7 Å². The smallest absolute Gasteiger partial charge is 0.127 e. The van der Waals surface area contributed by atoms with E-state index in [4.69, 9.17) is 9.73 Å². The van der Waals surface area contributed by atoms with Crippen LogP contribution in [0.4, 0.5) is 5.69 Å². The van der Waals surface area contributed by atoms with E-state index in [1.807, 2.05) is 18.2 Å². The first-order chi connectivity index (χ1) is 21.3. The van der Waals surface area contributed by atoms with E-state index < -0.39 is 0 Å². The van der Waals surface area contributed by atoms with Gasteiger partial charge in [-0.05, 0) is 73.5 Å². The van der Waals surface area contributed by atoms with Crippen LogP contribution >= 0.6 is 8.58 Å². The number of aliphatic imine (C=N–C) groups is 1. The van der Waals surface area contributed by atoms with Crippen molar-refractivity contribution in [3.63, 3.8) is 0 Å². The molecule has 1 saturated carbocycles. The molecule has 44 heavy (non-hydrogen) atoms. The molecule has 1 fully saturated rings. The zero-order valence-corrected chi connectivity index (χ0v) is 28.8. The Morgan fingerprint density at radius 2 is 1.57 bits per heavy atom. The van der Waals surface area contributed by atoms with Gasteiger partial charge in [-0.15, -0.1) is 0 Å². The quantitative estimate of drug-likeness (QED) is 0.110. The summed E-state index contributed by atoms with van der Waals surface area (Å²) in [6, 6.07) is 32.4. The highest BCUT2D eigenvalue weighted by molar-refractivity contribution is 7.49. The maximum atomic E-state index is 7.04. The third kappa shape index (κ3) is 6.43. The van der Waals surface area contributed by atoms with Crippen molar-refractivity contribution >= 4 is 25.8 Å². The Kier molecular flexibility index (Phi) is 10.1. The first-order valence-corrected chi connectivity index (χ1v) is 17.6. The van der Waals surface area contributed by atoms with Crippen LogP contribution in [0.15, 0.2) is 96.0 Å². The summed E-state index contributed by atoms with van der Waals surface area (Å²) in [6.45, 7) is 17.1. The standard InChI is InChI=1S/C41H50NOP/c1-8-18-35-31(6)40(35,7)36-25-29(4)26-37(38(36)43-28-32-20-13-11-14-21-32)41(9-2,10-3)44-39-30(5)19-17-22-33(39)27-42-34-23-15-12-16-24-34/h11-17,19-27,31,35,44H,8-10,18,28H2,1-7H3. The van der Waals surface area contributed by atoms with Crippen molar-refractivity contribution in [2.24, 2.45) is 16.8 Å². The van der Waals surface area contributed by atoms with E-state index >= 15 is 0 Å². The van der Waals surface area contributed by atoms with Gasteiger partial charge in [0.25, 0.3) is 0 Å². The van der Waals surface area contributed by atoms with E-state index in [1.165, 1.54) is 51.5 Å². The van der Waals surface area contributed by atoms with Crippen LogP contribution in [0.5, 0.6) is 5.75 Å². The monoisotopic (exact) mass is 603 g/mol. The summed E-state index contributed by atoms with van der Waals surface area (Å²) >= 11 is 0. The number of nitrogens with zero attached hydrogens (tertiary/aromatic N) is 1. The van der Waals surface area contributed by atoms with Gasteiger partial charge < -0.3 is 4.74 Å². The number of hydrogen-bond donors (Lipinski definition) is 0. The molecule has 4 atom stereocenters. The lowest BCUT2D eigenvalue weighted by atomic mass is 9.83. The Labute approximate surface area is 268 Å². The van der Waals surface area contributed by atoms with Gasteiger partial charge in [-0.3, -0.25) is 4.99 Å². The molecule has 0 aliphatic heterocycles. The average Bonchev–Trinajstić information content (AvgIpc) is 3.58. The van der Waals surface area contributed by atoms with E-state index in [0.29, 0.717) is 27.0 Å². The van der Waals surface area contributed by atoms with Crippen molar-refractivity contribution in [2.45, 2.75) is 91.3 Å². The first-order valence-electron chi connectivity index (χ1n) is 16.6. The minimum Gasteiger partial charge on any atom is -0.488 e. The Bertz CT molecular complexity index is 1570. The van der Waals surface area contributed by atoms with Crippen molar-refractivity contribution in [3.05, 3.63) is 124 Å². The fourth-order valence-corrected chi connectivity index (χ4v) is 9.02. The molecule has 2 nitrogen and oxygen atoms in total. The lowest BCUT2D eigenvalue weighted by molar-refractivity contribution is 0.291. The molecule has 4 aromatic rings. The predicted octanol–water partition coefficient (Wildman–Crippen LogP) is 11.0. The third-order valence-corrected chi connectivity index (χ3v) is 12.7. The lowest BCUT2D eigenvalue weighted by Crippen LogP contribution is -2.26. The molecular weight excluding hydrogens is 553 g/mol. The van der Waals surface area contributed by atoms with Crippen molar-refractivity contribution in [3.8, 4) is 5.75 Å². The highest BCUT2D eigenvalue weighted by atomic mass is 31.1. The van der Waals surface area contributed by atoms with Crippen LogP contribution in [-0.2, 0) is 17.2 Å². The topological polar surface area (TPSA) is 21.6 Å². The van der Waals surface area contributed by atoms with Crippen LogP contribution in [0.2, 0.25) is 0 Å². The number of ether oxygens (including phenoxy) is 1. The molecule has 0 saturated heterocycles. The first kappa shape index (κ1) is 32.2. The summed E-state index contributed by atoms with van der Waals surface area (Å²) < 4.78 is 7.04. The minimum atomic E-state index is -0.0526. The molecule has 0 spiro atoms. The van der Waals surface area contributed by atoms with E-state index in [9.17, 15) is 0 Å². The fraction of sp³-hybridized carbons (Fsp3) is 0.390. The van der Waals surface area contributed by atoms with Crippen LogP contribution in [0.25, 0.3) is 0 Å². The molecule has 0 N–H and O–H groups in total. The molecule has 4 aromatic carbocycles. The summed E-state index contributed by atoms with van der Waals surface area (Å²) in [7, 11) is 0.589. The molecule has 3 heteroatoms. The van der Waals surface area contributed by atoms with Crippen LogP contribution in [0.3, 0.4) is 0 Å². The van der Waals surface area contributed by atoms with Gasteiger partial charge in [-0.2, -0.15) is 0 Å². The van der Waals surface area contributed by atoms with Gasteiger partial charge in [-0.25, -0.2) is 0 Å². The fourth-order valence-electron chi connectivity index (χ4n) is 7.29. The predicted molar refractivity (Wildman–Crippen MR) is 192 cm³/mol. The van der Waals surface area contributed by atoms with E-state index in [1.54, 1.807) is 0 Å². The number of rotatable bonds is 13. The molecule has 230 valence electrons. The van der Waals surface area contributed by atoms with Gasteiger partial charge in [0.2, 0.25) is 0 Å². The molecule has 0 aromatic heterocycles. The second-order valence-corrected chi connectivity index (χ2v) is 14.7.